The fourth-order valence-electron chi connectivity index (χ4n) is 2.23. The smallest absolute Gasteiger partial charge is 0.305 e. The average Bonchev–Trinajstić information content (AvgIpc) is 3.08. The van der Waals surface area contributed by atoms with E-state index < -0.39 is 15.7 Å². The fraction of sp³-hybridized carbons (Fsp3) is 0.0556. The summed E-state index contributed by atoms with van der Waals surface area (Å²) in [7, 11) is -3.54. The molecule has 3 aromatic rings. The third kappa shape index (κ3) is 4.44. The first-order valence-electron chi connectivity index (χ1n) is 7.62. The molecule has 0 aliphatic carbocycles. The second-order valence-corrected chi connectivity index (χ2v) is 7.85. The summed E-state index contributed by atoms with van der Waals surface area (Å²) in [4.78, 5) is 12.3. The van der Waals surface area contributed by atoms with Gasteiger partial charge in [-0.05, 0) is 42.5 Å². The molecule has 6 nitrogen and oxygen atoms in total. The Bertz CT molecular complexity index is 1020. The molecule has 8 heteroatoms. The highest BCUT2D eigenvalue weighted by Crippen LogP contribution is 2.18. The van der Waals surface area contributed by atoms with Crippen molar-refractivity contribution in [2.75, 3.05) is 5.43 Å². The van der Waals surface area contributed by atoms with Crippen LogP contribution in [0.15, 0.2) is 76.0 Å². The van der Waals surface area contributed by atoms with Crippen molar-refractivity contribution >= 4 is 33.0 Å². The molecule has 3 rings (SSSR count). The number of anilines is 1. The van der Waals surface area contributed by atoms with Gasteiger partial charge in [0.25, 0.3) is 0 Å². The van der Waals surface area contributed by atoms with E-state index in [0.717, 1.165) is 0 Å². The zero-order valence-electron chi connectivity index (χ0n) is 13.5. The van der Waals surface area contributed by atoms with Crippen molar-refractivity contribution in [3.8, 4) is 0 Å². The Morgan fingerprint density at radius 2 is 1.77 bits per heavy atom. The summed E-state index contributed by atoms with van der Waals surface area (Å²) >= 11 is 5.86. The molecule has 0 spiro atoms. The lowest BCUT2D eigenvalue weighted by Crippen LogP contribution is -2.28. The number of sulfone groups is 1. The second kappa shape index (κ2) is 7.63. The number of rotatable bonds is 6. The van der Waals surface area contributed by atoms with Crippen molar-refractivity contribution in [2.45, 2.75) is 10.6 Å². The summed E-state index contributed by atoms with van der Waals surface area (Å²) in [5, 5.41) is 0.524. The molecule has 134 valence electrons. The summed E-state index contributed by atoms with van der Waals surface area (Å²) in [6.45, 7) is 0. The molecular formula is C18H15ClN2O4S. The van der Waals surface area contributed by atoms with Crippen LogP contribution in [0.3, 0.4) is 0 Å². The van der Waals surface area contributed by atoms with Crippen LogP contribution in [0.4, 0.5) is 5.69 Å². The Kier molecular flexibility index (Phi) is 5.29. The topological polar surface area (TPSA) is 88.4 Å². The van der Waals surface area contributed by atoms with Crippen LogP contribution >= 0.6 is 11.6 Å². The van der Waals surface area contributed by atoms with E-state index in [1.807, 2.05) is 0 Å². The molecule has 0 unspecified atom stereocenters. The van der Waals surface area contributed by atoms with Crippen LogP contribution < -0.4 is 10.9 Å². The lowest BCUT2D eigenvalue weighted by Gasteiger charge is -2.07. The van der Waals surface area contributed by atoms with Crippen molar-refractivity contribution in [2.24, 2.45) is 0 Å². The van der Waals surface area contributed by atoms with Crippen molar-refractivity contribution in [1.29, 1.82) is 0 Å². The summed E-state index contributed by atoms with van der Waals surface area (Å²) in [5.74, 6) is -0.681. The lowest BCUT2D eigenvalue weighted by molar-refractivity contribution is 0.0933. The van der Waals surface area contributed by atoms with E-state index in [2.05, 4.69) is 10.9 Å². The van der Waals surface area contributed by atoms with Crippen LogP contribution in [0.25, 0.3) is 0 Å². The number of hydrogen-bond donors (Lipinski definition) is 2. The molecule has 2 aromatic carbocycles. The third-order valence-corrected chi connectivity index (χ3v) is 5.36. The van der Waals surface area contributed by atoms with Crippen molar-refractivity contribution < 1.29 is 17.6 Å². The molecular weight excluding hydrogens is 376 g/mol. The minimum atomic E-state index is -3.54. The van der Waals surface area contributed by atoms with Gasteiger partial charge in [-0.25, -0.2) is 8.42 Å². The van der Waals surface area contributed by atoms with Gasteiger partial charge in [-0.3, -0.25) is 15.6 Å². The molecule has 0 atom stereocenters. The standard InChI is InChI=1S/C18H15ClN2O4S/c19-13-5-4-6-14(11-13)20-21-18(22)17-10-9-15(25-17)12-26(23,24)16-7-2-1-3-8-16/h1-11,20H,12H2,(H,21,22). The Morgan fingerprint density at radius 1 is 1.00 bits per heavy atom. The number of hydrogen-bond acceptors (Lipinski definition) is 5. The Morgan fingerprint density at radius 3 is 2.50 bits per heavy atom. The van der Waals surface area contributed by atoms with Gasteiger partial charge in [0.2, 0.25) is 0 Å². The monoisotopic (exact) mass is 390 g/mol. The first-order valence-corrected chi connectivity index (χ1v) is 9.65. The van der Waals surface area contributed by atoms with Gasteiger partial charge in [-0.1, -0.05) is 35.9 Å². The van der Waals surface area contributed by atoms with Crippen molar-refractivity contribution in [1.82, 2.24) is 5.43 Å². The molecule has 2 N–H and O–H groups in total. The van der Waals surface area contributed by atoms with Crippen LogP contribution in [0, 0.1) is 0 Å². The van der Waals surface area contributed by atoms with Gasteiger partial charge in [0.05, 0.1) is 10.6 Å². The first-order chi connectivity index (χ1) is 12.4. The van der Waals surface area contributed by atoms with Gasteiger partial charge < -0.3 is 4.42 Å². The Balaban J connectivity index is 1.65. The fourth-order valence-corrected chi connectivity index (χ4v) is 3.69. The zero-order chi connectivity index (χ0) is 18.6. The van der Waals surface area contributed by atoms with Crippen LogP contribution in [-0.4, -0.2) is 14.3 Å². The summed E-state index contributed by atoms with van der Waals surface area (Å²) < 4.78 is 30.0. The van der Waals surface area contributed by atoms with Gasteiger partial charge in [0.1, 0.15) is 11.5 Å². The highest BCUT2D eigenvalue weighted by molar-refractivity contribution is 7.90. The van der Waals surface area contributed by atoms with Gasteiger partial charge in [0.15, 0.2) is 15.6 Å². The highest BCUT2D eigenvalue weighted by Gasteiger charge is 2.19. The van der Waals surface area contributed by atoms with E-state index in [1.165, 1.54) is 24.3 Å². The maximum Gasteiger partial charge on any atom is 0.305 e. The molecule has 0 radical (unpaired) electrons. The number of nitrogens with one attached hydrogen (secondary N) is 2. The minimum absolute atomic E-state index is 0.00205. The number of amides is 1. The summed E-state index contributed by atoms with van der Waals surface area (Å²) in [6, 6.07) is 17.8. The van der Waals surface area contributed by atoms with Crippen LogP contribution in [0.2, 0.25) is 5.02 Å². The van der Waals surface area contributed by atoms with E-state index in [9.17, 15) is 13.2 Å². The number of carbonyl (C=O) groups is 1. The van der Waals surface area contributed by atoms with E-state index in [-0.39, 0.29) is 22.2 Å². The largest absolute Gasteiger partial charge is 0.455 e. The van der Waals surface area contributed by atoms with Gasteiger partial charge >= 0.3 is 5.91 Å². The summed E-state index contributed by atoms with van der Waals surface area (Å²) in [5.41, 5.74) is 5.77. The average molecular weight is 391 g/mol. The third-order valence-electron chi connectivity index (χ3n) is 3.47. The predicted octanol–water partition coefficient (Wildman–Crippen LogP) is 3.66. The molecule has 0 aliphatic rings. The number of furan rings is 1. The molecule has 1 amide bonds. The molecule has 0 aliphatic heterocycles. The molecule has 1 heterocycles. The number of carbonyl (C=O) groups excluding carboxylic acids is 1. The molecule has 1 aromatic heterocycles. The lowest BCUT2D eigenvalue weighted by atomic mass is 10.3. The maximum absolute atomic E-state index is 12.3. The van der Waals surface area contributed by atoms with Crippen LogP contribution in [0.5, 0.6) is 0 Å². The zero-order valence-corrected chi connectivity index (χ0v) is 15.0. The number of benzene rings is 2. The molecule has 0 saturated heterocycles. The second-order valence-electron chi connectivity index (χ2n) is 5.43. The molecule has 0 fully saturated rings. The van der Waals surface area contributed by atoms with Crippen LogP contribution in [0.1, 0.15) is 16.3 Å². The van der Waals surface area contributed by atoms with Crippen LogP contribution in [-0.2, 0) is 15.6 Å². The van der Waals surface area contributed by atoms with E-state index in [4.69, 9.17) is 16.0 Å². The minimum Gasteiger partial charge on any atom is -0.455 e. The highest BCUT2D eigenvalue weighted by atomic mass is 35.5. The van der Waals surface area contributed by atoms with E-state index >= 15 is 0 Å². The Hall–Kier alpha value is -2.77. The Labute approximate surface area is 155 Å². The molecule has 0 bridgehead atoms. The molecule has 0 saturated carbocycles. The van der Waals surface area contributed by atoms with Gasteiger partial charge in [0, 0.05) is 5.02 Å². The number of halogens is 1. The van der Waals surface area contributed by atoms with Gasteiger partial charge in [-0.15, -0.1) is 0 Å². The quantitative estimate of drug-likeness (QED) is 0.627. The first kappa shape index (κ1) is 18.0. The SMILES string of the molecule is O=C(NNc1cccc(Cl)c1)c1ccc(CS(=O)(=O)c2ccccc2)o1. The number of hydrazine groups is 1. The molecule has 26 heavy (non-hydrogen) atoms. The van der Waals surface area contributed by atoms with E-state index in [0.29, 0.717) is 10.7 Å². The predicted molar refractivity (Wildman–Crippen MR) is 98.6 cm³/mol. The summed E-state index contributed by atoms with van der Waals surface area (Å²) in [6.07, 6.45) is 0. The maximum atomic E-state index is 12.3. The van der Waals surface area contributed by atoms with E-state index in [1.54, 1.807) is 42.5 Å². The van der Waals surface area contributed by atoms with Gasteiger partial charge in [-0.2, -0.15) is 0 Å². The van der Waals surface area contributed by atoms with Crippen molar-refractivity contribution in [3.05, 3.63) is 83.3 Å². The normalized spacial score (nSPS) is 11.1. The van der Waals surface area contributed by atoms with Crippen molar-refractivity contribution in [3.63, 3.8) is 0 Å².